The summed E-state index contributed by atoms with van der Waals surface area (Å²) in [4.78, 5) is 0. The lowest BCUT2D eigenvalue weighted by Gasteiger charge is -2.23. The quantitative estimate of drug-likeness (QED) is 0.551. The highest BCUT2D eigenvalue weighted by atomic mass is 32.2. The summed E-state index contributed by atoms with van der Waals surface area (Å²) in [6.45, 7) is 0. The zero-order chi connectivity index (χ0) is 6.69. The van der Waals surface area contributed by atoms with Crippen LogP contribution < -0.4 is 0 Å². The van der Waals surface area contributed by atoms with Crippen LogP contribution in [0.25, 0.3) is 0 Å². The van der Waals surface area contributed by atoms with Crippen LogP contribution in [-0.4, -0.2) is 17.7 Å². The van der Waals surface area contributed by atoms with Gasteiger partial charge in [0, 0.05) is 5.25 Å². The molecule has 0 aromatic rings. The Bertz CT molecular complexity index is 85.0. The summed E-state index contributed by atoms with van der Waals surface area (Å²) in [6.07, 6.45) is 5.69. The van der Waals surface area contributed by atoms with Crippen molar-refractivity contribution in [3.05, 3.63) is 0 Å². The van der Waals surface area contributed by atoms with E-state index in [0.29, 0.717) is 5.25 Å². The molecule has 0 amide bonds. The second-order valence-electron chi connectivity index (χ2n) is 2.57. The van der Waals surface area contributed by atoms with Gasteiger partial charge in [0.05, 0.1) is 0 Å². The molecule has 1 aliphatic rings. The number of alkyl halides is 1. The Kier molecular flexibility index (Phi) is 2.83. The third kappa shape index (κ3) is 1.85. The first-order valence-electron chi connectivity index (χ1n) is 3.51. The van der Waals surface area contributed by atoms with E-state index in [-0.39, 0.29) is 0 Å². The Hall–Kier alpha value is 0.280. The highest BCUT2D eigenvalue weighted by molar-refractivity contribution is 7.99. The first kappa shape index (κ1) is 7.39. The third-order valence-electron chi connectivity index (χ3n) is 1.92. The molecular weight excluding hydrogens is 135 g/mol. The highest BCUT2D eigenvalue weighted by Crippen LogP contribution is 2.28. The zero-order valence-electron chi connectivity index (χ0n) is 5.77. The molecule has 0 radical (unpaired) electrons. The van der Waals surface area contributed by atoms with Gasteiger partial charge in [-0.15, -0.1) is 0 Å². The number of hydrogen-bond donors (Lipinski definition) is 0. The van der Waals surface area contributed by atoms with Crippen molar-refractivity contribution in [2.75, 3.05) is 6.26 Å². The molecule has 0 unspecified atom stereocenters. The van der Waals surface area contributed by atoms with Gasteiger partial charge in [-0.2, -0.15) is 11.8 Å². The van der Waals surface area contributed by atoms with Gasteiger partial charge < -0.3 is 0 Å². The van der Waals surface area contributed by atoms with Crippen LogP contribution >= 0.6 is 11.8 Å². The van der Waals surface area contributed by atoms with Gasteiger partial charge in [-0.25, -0.2) is 4.39 Å². The van der Waals surface area contributed by atoms with Crippen molar-refractivity contribution < 1.29 is 4.39 Å². The first-order chi connectivity index (χ1) is 4.34. The van der Waals surface area contributed by atoms with Gasteiger partial charge in [0.25, 0.3) is 0 Å². The van der Waals surface area contributed by atoms with Gasteiger partial charge >= 0.3 is 0 Å². The van der Waals surface area contributed by atoms with Gasteiger partial charge in [0.15, 0.2) is 0 Å². The van der Waals surface area contributed by atoms with Gasteiger partial charge in [-0.1, -0.05) is 12.8 Å². The van der Waals surface area contributed by atoms with E-state index in [1.54, 1.807) is 11.8 Å². The lowest BCUT2D eigenvalue weighted by atomic mass is 9.98. The Morgan fingerprint density at radius 3 is 2.44 bits per heavy atom. The summed E-state index contributed by atoms with van der Waals surface area (Å²) in [5, 5.41) is 0.304. The fraction of sp³-hybridized carbons (Fsp3) is 1.00. The molecule has 0 saturated heterocycles. The third-order valence-corrected chi connectivity index (χ3v) is 3.06. The van der Waals surface area contributed by atoms with Crippen molar-refractivity contribution in [3.8, 4) is 0 Å². The topological polar surface area (TPSA) is 0 Å². The molecule has 0 N–H and O–H groups in total. The smallest absolute Gasteiger partial charge is 0.112 e. The lowest BCUT2D eigenvalue weighted by molar-refractivity contribution is 0.260. The summed E-state index contributed by atoms with van der Waals surface area (Å²) < 4.78 is 12.8. The van der Waals surface area contributed by atoms with Crippen molar-refractivity contribution in [2.45, 2.75) is 37.1 Å². The minimum atomic E-state index is -0.520. The van der Waals surface area contributed by atoms with E-state index in [1.165, 1.54) is 6.42 Å². The van der Waals surface area contributed by atoms with Crippen LogP contribution in [0.2, 0.25) is 0 Å². The second kappa shape index (κ2) is 3.45. The van der Waals surface area contributed by atoms with Gasteiger partial charge in [-0.05, 0) is 19.1 Å². The molecule has 0 nitrogen and oxygen atoms in total. The largest absolute Gasteiger partial charge is 0.246 e. The predicted octanol–water partition coefficient (Wildman–Crippen LogP) is 2.63. The van der Waals surface area contributed by atoms with Crippen molar-refractivity contribution in [3.63, 3.8) is 0 Å². The zero-order valence-corrected chi connectivity index (χ0v) is 6.59. The fourth-order valence-corrected chi connectivity index (χ4v) is 2.15. The summed E-state index contributed by atoms with van der Waals surface area (Å²) in [7, 11) is 0. The molecule has 1 fully saturated rings. The Morgan fingerprint density at radius 1 is 1.33 bits per heavy atom. The Labute approximate surface area is 60.2 Å². The molecule has 54 valence electrons. The van der Waals surface area contributed by atoms with Crippen molar-refractivity contribution in [1.29, 1.82) is 0 Å². The molecule has 0 aromatic carbocycles. The summed E-state index contributed by atoms with van der Waals surface area (Å²) >= 11 is 1.68. The van der Waals surface area contributed by atoms with Gasteiger partial charge in [-0.3, -0.25) is 0 Å². The molecule has 0 heterocycles. The maximum atomic E-state index is 12.8. The molecule has 0 aliphatic heterocycles. The average Bonchev–Trinajstić information content (AvgIpc) is 1.89. The second-order valence-corrected chi connectivity index (χ2v) is 3.65. The Balaban J connectivity index is 2.30. The van der Waals surface area contributed by atoms with Crippen LogP contribution in [-0.2, 0) is 0 Å². The number of rotatable bonds is 1. The number of thioether (sulfide) groups is 1. The highest BCUT2D eigenvalue weighted by Gasteiger charge is 2.22. The lowest BCUT2D eigenvalue weighted by Crippen LogP contribution is -2.22. The molecule has 0 aromatic heterocycles. The maximum absolute atomic E-state index is 12.8. The van der Waals surface area contributed by atoms with Crippen LogP contribution in [0, 0.1) is 0 Å². The SMILES string of the molecule is CS[C@@H]1CCCC[C@H]1F. The summed E-state index contributed by atoms with van der Waals surface area (Å²) in [5.74, 6) is 0. The molecular formula is C7H13FS. The minimum absolute atomic E-state index is 0.304. The number of halogens is 1. The van der Waals surface area contributed by atoms with Crippen molar-refractivity contribution >= 4 is 11.8 Å². The van der Waals surface area contributed by atoms with E-state index in [9.17, 15) is 4.39 Å². The van der Waals surface area contributed by atoms with Gasteiger partial charge in [0.1, 0.15) is 6.17 Å². The molecule has 9 heavy (non-hydrogen) atoms. The molecule has 2 atom stereocenters. The molecule has 0 spiro atoms. The van der Waals surface area contributed by atoms with Crippen LogP contribution in [0.15, 0.2) is 0 Å². The minimum Gasteiger partial charge on any atom is -0.246 e. The van der Waals surface area contributed by atoms with E-state index in [2.05, 4.69) is 0 Å². The van der Waals surface area contributed by atoms with Crippen molar-refractivity contribution in [1.82, 2.24) is 0 Å². The van der Waals surface area contributed by atoms with Crippen LogP contribution in [0.4, 0.5) is 4.39 Å². The van der Waals surface area contributed by atoms with E-state index in [4.69, 9.17) is 0 Å². The van der Waals surface area contributed by atoms with E-state index in [1.807, 2.05) is 6.26 Å². The normalized spacial score (nSPS) is 36.7. The van der Waals surface area contributed by atoms with E-state index < -0.39 is 6.17 Å². The molecule has 1 saturated carbocycles. The molecule has 1 rings (SSSR count). The van der Waals surface area contributed by atoms with Crippen molar-refractivity contribution in [2.24, 2.45) is 0 Å². The van der Waals surface area contributed by atoms with E-state index >= 15 is 0 Å². The molecule has 2 heteroatoms. The van der Waals surface area contributed by atoms with Crippen LogP contribution in [0.5, 0.6) is 0 Å². The monoisotopic (exact) mass is 148 g/mol. The standard InChI is InChI=1S/C7H13FS/c1-9-7-5-3-2-4-6(7)8/h6-7H,2-5H2,1H3/t6-,7-/m1/s1. The average molecular weight is 148 g/mol. The van der Waals surface area contributed by atoms with Crippen LogP contribution in [0.1, 0.15) is 25.7 Å². The number of hydrogen-bond acceptors (Lipinski definition) is 1. The Morgan fingerprint density at radius 2 is 2.00 bits per heavy atom. The molecule has 1 aliphatic carbocycles. The fourth-order valence-electron chi connectivity index (χ4n) is 1.32. The van der Waals surface area contributed by atoms with Gasteiger partial charge in [0.2, 0.25) is 0 Å². The van der Waals surface area contributed by atoms with Crippen LogP contribution in [0.3, 0.4) is 0 Å². The first-order valence-corrected chi connectivity index (χ1v) is 4.80. The summed E-state index contributed by atoms with van der Waals surface area (Å²) in [5.41, 5.74) is 0. The summed E-state index contributed by atoms with van der Waals surface area (Å²) in [6, 6.07) is 0. The predicted molar refractivity (Wildman–Crippen MR) is 40.7 cm³/mol. The maximum Gasteiger partial charge on any atom is 0.112 e. The van der Waals surface area contributed by atoms with E-state index in [0.717, 1.165) is 19.3 Å². The molecule has 0 bridgehead atoms.